The molecule has 0 amide bonds. The van der Waals surface area contributed by atoms with E-state index >= 15 is 0 Å². The molecule has 1 fully saturated rings. The van der Waals surface area contributed by atoms with Gasteiger partial charge in [0.15, 0.2) is 0 Å². The van der Waals surface area contributed by atoms with E-state index in [1.54, 1.807) is 0 Å². The zero-order valence-corrected chi connectivity index (χ0v) is 11.1. The molecular formula is C14H15BrO2. The lowest BCUT2D eigenvalue weighted by Gasteiger charge is -2.26. The van der Waals surface area contributed by atoms with Crippen LogP contribution in [-0.4, -0.2) is 24.4 Å². The first-order valence-electron chi connectivity index (χ1n) is 5.97. The average molecular weight is 295 g/mol. The Morgan fingerprint density at radius 1 is 1.24 bits per heavy atom. The molecule has 3 heteroatoms. The smallest absolute Gasteiger partial charge is 0.0686 e. The third-order valence-electron chi connectivity index (χ3n) is 3.65. The third kappa shape index (κ3) is 2.19. The quantitative estimate of drug-likeness (QED) is 0.863. The van der Waals surface area contributed by atoms with Crippen LogP contribution in [0.1, 0.15) is 18.4 Å². The van der Waals surface area contributed by atoms with Gasteiger partial charge in [-0.1, -0.05) is 28.1 Å². The molecule has 90 valence electrons. The number of fused-ring (bicyclic) bond motifs is 1. The molecule has 1 saturated heterocycles. The lowest BCUT2D eigenvalue weighted by Crippen LogP contribution is -2.21. The van der Waals surface area contributed by atoms with Crippen LogP contribution in [0.25, 0.3) is 5.57 Å². The van der Waals surface area contributed by atoms with Gasteiger partial charge in [0.05, 0.1) is 19.3 Å². The Morgan fingerprint density at radius 3 is 2.76 bits per heavy atom. The number of ether oxygens (including phenoxy) is 1. The number of hydrogen-bond acceptors (Lipinski definition) is 2. The van der Waals surface area contributed by atoms with E-state index in [2.05, 4.69) is 40.2 Å². The van der Waals surface area contributed by atoms with Gasteiger partial charge in [0.1, 0.15) is 0 Å². The largest absolute Gasteiger partial charge is 0.393 e. The summed E-state index contributed by atoms with van der Waals surface area (Å²) in [5, 5.41) is 9.94. The summed E-state index contributed by atoms with van der Waals surface area (Å²) in [7, 11) is 0. The fourth-order valence-corrected chi connectivity index (χ4v) is 3.07. The van der Waals surface area contributed by atoms with E-state index in [-0.39, 0.29) is 6.10 Å². The van der Waals surface area contributed by atoms with Crippen LogP contribution in [0.15, 0.2) is 34.3 Å². The molecule has 1 heterocycles. The van der Waals surface area contributed by atoms with E-state index in [0.717, 1.165) is 30.5 Å². The molecule has 1 aromatic carbocycles. The normalized spacial score (nSPS) is 28.4. The predicted molar refractivity (Wildman–Crippen MR) is 70.6 cm³/mol. The zero-order chi connectivity index (χ0) is 11.8. The first kappa shape index (κ1) is 11.5. The number of hydrogen-bond donors (Lipinski definition) is 1. The van der Waals surface area contributed by atoms with E-state index in [0.29, 0.717) is 5.92 Å². The van der Waals surface area contributed by atoms with Crippen molar-refractivity contribution in [3.63, 3.8) is 0 Å². The van der Waals surface area contributed by atoms with Gasteiger partial charge in [0.25, 0.3) is 0 Å². The van der Waals surface area contributed by atoms with Crippen LogP contribution < -0.4 is 0 Å². The highest BCUT2D eigenvalue weighted by atomic mass is 79.9. The molecule has 1 aliphatic carbocycles. The minimum absolute atomic E-state index is 0.218. The standard InChI is InChI=1S/C14H15BrO2/c15-11-3-1-9(2-4-11)13-6-12(16)5-10-7-17-8-14(10)13/h1-4,10,12,16H,5-8H2/t10-,12+/m0/s1. The molecule has 0 spiro atoms. The number of benzene rings is 1. The molecule has 2 atom stereocenters. The molecule has 3 rings (SSSR count). The number of rotatable bonds is 1. The third-order valence-corrected chi connectivity index (χ3v) is 4.17. The maximum atomic E-state index is 9.94. The summed E-state index contributed by atoms with van der Waals surface area (Å²) < 4.78 is 6.62. The Labute approximate surface area is 109 Å². The molecular weight excluding hydrogens is 280 g/mol. The lowest BCUT2D eigenvalue weighted by molar-refractivity contribution is 0.131. The van der Waals surface area contributed by atoms with Gasteiger partial charge in [-0.2, -0.15) is 0 Å². The van der Waals surface area contributed by atoms with Gasteiger partial charge < -0.3 is 9.84 Å². The van der Waals surface area contributed by atoms with Crippen molar-refractivity contribution in [3.05, 3.63) is 39.9 Å². The topological polar surface area (TPSA) is 29.5 Å². The maximum absolute atomic E-state index is 9.94. The van der Waals surface area contributed by atoms with Crippen LogP contribution in [0.4, 0.5) is 0 Å². The molecule has 0 radical (unpaired) electrons. The average Bonchev–Trinajstić information content (AvgIpc) is 2.77. The molecule has 0 saturated carbocycles. The van der Waals surface area contributed by atoms with Crippen LogP contribution >= 0.6 is 15.9 Å². The van der Waals surface area contributed by atoms with Crippen LogP contribution in [-0.2, 0) is 4.74 Å². The minimum atomic E-state index is -0.218. The fourth-order valence-electron chi connectivity index (χ4n) is 2.81. The second-order valence-electron chi connectivity index (χ2n) is 4.82. The van der Waals surface area contributed by atoms with E-state index < -0.39 is 0 Å². The minimum Gasteiger partial charge on any atom is -0.393 e. The first-order valence-corrected chi connectivity index (χ1v) is 6.77. The van der Waals surface area contributed by atoms with Gasteiger partial charge in [0.2, 0.25) is 0 Å². The van der Waals surface area contributed by atoms with Crippen molar-refractivity contribution < 1.29 is 9.84 Å². The van der Waals surface area contributed by atoms with E-state index in [9.17, 15) is 5.11 Å². The highest BCUT2D eigenvalue weighted by molar-refractivity contribution is 9.10. The number of aliphatic hydroxyl groups is 1. The van der Waals surface area contributed by atoms with Crippen molar-refractivity contribution in [3.8, 4) is 0 Å². The Balaban J connectivity index is 2.02. The molecule has 17 heavy (non-hydrogen) atoms. The zero-order valence-electron chi connectivity index (χ0n) is 9.53. The van der Waals surface area contributed by atoms with Crippen molar-refractivity contribution in [1.29, 1.82) is 0 Å². The first-order chi connectivity index (χ1) is 8.24. The Hall–Kier alpha value is -0.640. The van der Waals surface area contributed by atoms with Gasteiger partial charge in [-0.05, 0) is 41.7 Å². The fraction of sp³-hybridized carbons (Fsp3) is 0.429. The van der Waals surface area contributed by atoms with Gasteiger partial charge in [0, 0.05) is 10.4 Å². The highest BCUT2D eigenvalue weighted by Gasteiger charge is 2.32. The monoisotopic (exact) mass is 294 g/mol. The summed E-state index contributed by atoms with van der Waals surface area (Å²) in [6.45, 7) is 1.51. The summed E-state index contributed by atoms with van der Waals surface area (Å²) in [4.78, 5) is 0. The van der Waals surface area contributed by atoms with Crippen LogP contribution in [0.2, 0.25) is 0 Å². The summed E-state index contributed by atoms with van der Waals surface area (Å²) in [6.07, 6.45) is 1.40. The summed E-state index contributed by atoms with van der Waals surface area (Å²) in [5.74, 6) is 0.428. The molecule has 0 unspecified atom stereocenters. The highest BCUT2D eigenvalue weighted by Crippen LogP contribution is 2.39. The van der Waals surface area contributed by atoms with Crippen molar-refractivity contribution in [2.75, 3.05) is 13.2 Å². The summed E-state index contributed by atoms with van der Waals surface area (Å²) >= 11 is 3.45. The van der Waals surface area contributed by atoms with Crippen molar-refractivity contribution >= 4 is 21.5 Å². The SMILES string of the molecule is O[C@H]1CC(c2ccc(Br)cc2)=C2COC[C@@H]2C1. The van der Waals surface area contributed by atoms with E-state index in [1.807, 2.05) is 0 Å². The summed E-state index contributed by atoms with van der Waals surface area (Å²) in [6, 6.07) is 8.32. The van der Waals surface area contributed by atoms with E-state index in [1.165, 1.54) is 16.7 Å². The lowest BCUT2D eigenvalue weighted by atomic mass is 9.80. The van der Waals surface area contributed by atoms with Crippen molar-refractivity contribution in [2.24, 2.45) is 5.92 Å². The second kappa shape index (κ2) is 4.56. The number of halogens is 1. The number of aliphatic hydroxyl groups excluding tert-OH is 1. The molecule has 2 nitrogen and oxygen atoms in total. The Bertz CT molecular complexity index is 450. The van der Waals surface area contributed by atoms with Gasteiger partial charge in [-0.25, -0.2) is 0 Å². The van der Waals surface area contributed by atoms with Crippen LogP contribution in [0.5, 0.6) is 0 Å². The van der Waals surface area contributed by atoms with Gasteiger partial charge in [-0.3, -0.25) is 0 Å². The van der Waals surface area contributed by atoms with Crippen molar-refractivity contribution in [1.82, 2.24) is 0 Å². The molecule has 1 aromatic rings. The Morgan fingerprint density at radius 2 is 2.00 bits per heavy atom. The molecule has 2 aliphatic rings. The summed E-state index contributed by atoms with van der Waals surface area (Å²) in [5.41, 5.74) is 3.91. The van der Waals surface area contributed by atoms with Crippen molar-refractivity contribution in [2.45, 2.75) is 18.9 Å². The van der Waals surface area contributed by atoms with Crippen LogP contribution in [0, 0.1) is 5.92 Å². The molecule has 1 N–H and O–H groups in total. The van der Waals surface area contributed by atoms with Gasteiger partial charge in [-0.15, -0.1) is 0 Å². The van der Waals surface area contributed by atoms with Gasteiger partial charge >= 0.3 is 0 Å². The predicted octanol–water partition coefficient (Wildman–Crippen LogP) is 3.00. The maximum Gasteiger partial charge on any atom is 0.0686 e. The second-order valence-corrected chi connectivity index (χ2v) is 5.73. The molecule has 0 aromatic heterocycles. The molecule has 0 bridgehead atoms. The molecule has 1 aliphatic heterocycles. The van der Waals surface area contributed by atoms with Crippen LogP contribution in [0.3, 0.4) is 0 Å². The van der Waals surface area contributed by atoms with E-state index in [4.69, 9.17) is 4.74 Å². The Kier molecular flexibility index (Phi) is 3.07.